The van der Waals surface area contributed by atoms with E-state index in [-0.39, 0.29) is 17.8 Å². The van der Waals surface area contributed by atoms with Crippen molar-refractivity contribution in [3.05, 3.63) is 112 Å². The van der Waals surface area contributed by atoms with Crippen LogP contribution < -0.4 is 5.56 Å². The largest absolute Gasteiger partial charge is 0.449 e. The highest BCUT2D eigenvalue weighted by Crippen LogP contribution is 2.24. The quantitative estimate of drug-likeness (QED) is 0.396. The molecule has 0 aliphatic rings. The number of H-pyrrole nitrogens is 1. The van der Waals surface area contributed by atoms with Crippen molar-refractivity contribution in [1.82, 2.24) is 10.2 Å². The van der Waals surface area contributed by atoms with Crippen LogP contribution in [0.3, 0.4) is 0 Å². The first-order valence-electron chi connectivity index (χ1n) is 9.43. The highest BCUT2D eigenvalue weighted by molar-refractivity contribution is 6.01. The van der Waals surface area contributed by atoms with E-state index in [1.165, 1.54) is 0 Å². The monoisotopic (exact) mass is 398 g/mol. The average molecular weight is 398 g/mol. The zero-order valence-corrected chi connectivity index (χ0v) is 15.9. The highest BCUT2D eigenvalue weighted by atomic mass is 16.5. The van der Waals surface area contributed by atoms with E-state index in [0.29, 0.717) is 27.6 Å². The van der Waals surface area contributed by atoms with Crippen molar-refractivity contribution in [2.45, 2.75) is 12.5 Å². The van der Waals surface area contributed by atoms with Crippen molar-refractivity contribution in [2.24, 2.45) is 0 Å². The van der Waals surface area contributed by atoms with Gasteiger partial charge >= 0.3 is 5.97 Å². The van der Waals surface area contributed by atoms with Crippen LogP contribution in [0.25, 0.3) is 10.8 Å². The van der Waals surface area contributed by atoms with Gasteiger partial charge in [0.25, 0.3) is 5.56 Å². The summed E-state index contributed by atoms with van der Waals surface area (Å²) in [6.07, 6.45) is -1.25. The van der Waals surface area contributed by atoms with Gasteiger partial charge in [-0.2, -0.15) is 5.10 Å². The van der Waals surface area contributed by atoms with Crippen molar-refractivity contribution in [2.75, 3.05) is 0 Å². The van der Waals surface area contributed by atoms with Crippen molar-refractivity contribution in [3.63, 3.8) is 0 Å². The molecule has 4 aromatic rings. The smallest absolute Gasteiger partial charge is 0.313 e. The van der Waals surface area contributed by atoms with E-state index >= 15 is 0 Å². The number of hydrogen-bond acceptors (Lipinski definition) is 5. The third kappa shape index (κ3) is 4.03. The lowest BCUT2D eigenvalue weighted by molar-refractivity contribution is -0.146. The Balaban J connectivity index is 1.62. The number of benzene rings is 3. The first-order valence-corrected chi connectivity index (χ1v) is 9.43. The third-order valence-electron chi connectivity index (χ3n) is 4.73. The summed E-state index contributed by atoms with van der Waals surface area (Å²) in [5.74, 6) is -0.924. The molecule has 1 atom stereocenters. The van der Waals surface area contributed by atoms with Crippen LogP contribution in [0.1, 0.15) is 27.7 Å². The van der Waals surface area contributed by atoms with Crippen LogP contribution in [0, 0.1) is 0 Å². The minimum Gasteiger partial charge on any atom is -0.449 e. The van der Waals surface area contributed by atoms with Crippen molar-refractivity contribution in [3.8, 4) is 0 Å². The molecular formula is C24H18N2O4. The number of aromatic nitrogens is 2. The SMILES string of the molecule is O=C(Cc1n[nH]c(=O)c2ccccc12)O[C@@H](C(=O)c1ccccc1)c1ccccc1. The van der Waals surface area contributed by atoms with Gasteiger partial charge in [-0.25, -0.2) is 5.10 Å². The Kier molecular flexibility index (Phi) is 5.48. The molecule has 0 spiro atoms. The summed E-state index contributed by atoms with van der Waals surface area (Å²) < 4.78 is 5.62. The van der Waals surface area contributed by atoms with E-state index in [4.69, 9.17) is 4.74 Å². The minimum atomic E-state index is -1.07. The van der Waals surface area contributed by atoms with Gasteiger partial charge in [0, 0.05) is 16.5 Å². The molecule has 0 fully saturated rings. The Morgan fingerprint density at radius 1 is 0.833 bits per heavy atom. The fourth-order valence-electron chi connectivity index (χ4n) is 3.27. The molecule has 6 heteroatoms. The number of nitrogens with zero attached hydrogens (tertiary/aromatic N) is 1. The number of Topliss-reactive ketones (excluding diaryl/α,β-unsaturated/α-hetero) is 1. The van der Waals surface area contributed by atoms with Crippen molar-refractivity contribution < 1.29 is 14.3 Å². The van der Waals surface area contributed by atoms with Crippen molar-refractivity contribution in [1.29, 1.82) is 0 Å². The lowest BCUT2D eigenvalue weighted by Crippen LogP contribution is -2.22. The Morgan fingerprint density at radius 2 is 1.43 bits per heavy atom. The molecule has 4 rings (SSSR count). The van der Waals surface area contributed by atoms with Gasteiger partial charge < -0.3 is 4.74 Å². The summed E-state index contributed by atoms with van der Waals surface area (Å²) in [5, 5.41) is 7.42. The predicted octanol–water partition coefficient (Wildman–Crippen LogP) is 3.63. The molecule has 148 valence electrons. The lowest BCUT2D eigenvalue weighted by atomic mass is 10.00. The summed E-state index contributed by atoms with van der Waals surface area (Å²) in [7, 11) is 0. The molecule has 1 N–H and O–H groups in total. The Bertz CT molecular complexity index is 1250. The Morgan fingerprint density at radius 3 is 2.13 bits per heavy atom. The fraction of sp³-hybridized carbons (Fsp3) is 0.0833. The second-order valence-corrected chi connectivity index (χ2v) is 6.73. The van der Waals surface area contributed by atoms with Gasteiger partial charge in [-0.05, 0) is 6.07 Å². The standard InChI is InChI=1S/C24H18N2O4/c27-21(15-20-18-13-7-8-14-19(18)24(29)26-25-20)30-23(17-11-5-2-6-12-17)22(28)16-9-3-1-4-10-16/h1-14,23H,15H2,(H,26,29)/t23-/m1/s1. The number of nitrogens with one attached hydrogen (secondary N) is 1. The Hall–Kier alpha value is -4.06. The zero-order chi connectivity index (χ0) is 20.9. The molecule has 0 saturated heterocycles. The normalized spacial score (nSPS) is 11.7. The van der Waals surface area contributed by atoms with Crippen LogP contribution in [0.4, 0.5) is 0 Å². The van der Waals surface area contributed by atoms with Gasteiger partial charge in [0.2, 0.25) is 5.78 Å². The summed E-state index contributed by atoms with van der Waals surface area (Å²) in [6.45, 7) is 0. The molecule has 1 heterocycles. The molecule has 0 radical (unpaired) electrons. The average Bonchev–Trinajstić information content (AvgIpc) is 2.80. The maximum atomic E-state index is 13.0. The van der Waals surface area contributed by atoms with E-state index in [2.05, 4.69) is 10.2 Å². The van der Waals surface area contributed by atoms with Crippen LogP contribution in [-0.4, -0.2) is 21.9 Å². The van der Waals surface area contributed by atoms with E-state index < -0.39 is 12.1 Å². The minimum absolute atomic E-state index is 0.178. The lowest BCUT2D eigenvalue weighted by Gasteiger charge is -2.17. The molecule has 30 heavy (non-hydrogen) atoms. The molecule has 0 bridgehead atoms. The molecule has 1 aromatic heterocycles. The molecule has 0 saturated carbocycles. The van der Waals surface area contributed by atoms with Gasteiger partial charge in [-0.15, -0.1) is 0 Å². The molecule has 0 unspecified atom stereocenters. The number of rotatable bonds is 6. The molecule has 3 aromatic carbocycles. The van der Waals surface area contributed by atoms with Gasteiger partial charge in [-0.1, -0.05) is 78.9 Å². The number of ether oxygens (including phenoxy) is 1. The van der Waals surface area contributed by atoms with Crippen LogP contribution in [0.5, 0.6) is 0 Å². The number of hydrogen-bond donors (Lipinski definition) is 1. The molecular weight excluding hydrogens is 380 g/mol. The number of aromatic amines is 1. The van der Waals surface area contributed by atoms with Crippen molar-refractivity contribution >= 4 is 22.5 Å². The van der Waals surface area contributed by atoms with Gasteiger partial charge in [0.1, 0.15) is 0 Å². The van der Waals surface area contributed by atoms with E-state index in [1.807, 2.05) is 12.1 Å². The fourth-order valence-corrected chi connectivity index (χ4v) is 3.27. The third-order valence-corrected chi connectivity index (χ3v) is 4.73. The van der Waals surface area contributed by atoms with Crippen LogP contribution in [0.2, 0.25) is 0 Å². The number of carbonyl (C=O) groups excluding carboxylic acids is 2. The number of carbonyl (C=O) groups is 2. The number of esters is 1. The predicted molar refractivity (Wildman–Crippen MR) is 112 cm³/mol. The van der Waals surface area contributed by atoms with Crippen LogP contribution in [0.15, 0.2) is 89.7 Å². The topological polar surface area (TPSA) is 89.1 Å². The van der Waals surface area contributed by atoms with Crippen LogP contribution in [-0.2, 0) is 16.0 Å². The maximum absolute atomic E-state index is 13.0. The van der Waals surface area contributed by atoms with Gasteiger partial charge in [0.05, 0.1) is 17.5 Å². The zero-order valence-electron chi connectivity index (χ0n) is 15.9. The maximum Gasteiger partial charge on any atom is 0.313 e. The van der Waals surface area contributed by atoms with Crippen LogP contribution >= 0.6 is 0 Å². The van der Waals surface area contributed by atoms with E-state index in [0.717, 1.165) is 0 Å². The summed E-state index contributed by atoms with van der Waals surface area (Å²) in [6, 6.07) is 24.5. The summed E-state index contributed by atoms with van der Waals surface area (Å²) >= 11 is 0. The second kappa shape index (κ2) is 8.53. The number of fused-ring (bicyclic) bond motifs is 1. The van der Waals surface area contributed by atoms with E-state index in [9.17, 15) is 14.4 Å². The molecule has 0 amide bonds. The summed E-state index contributed by atoms with van der Waals surface area (Å²) in [5.41, 5.74) is 1.09. The van der Waals surface area contributed by atoms with Gasteiger partial charge in [0.15, 0.2) is 6.10 Å². The first-order chi connectivity index (χ1) is 14.6. The molecule has 0 aliphatic carbocycles. The first kappa shape index (κ1) is 19.3. The highest BCUT2D eigenvalue weighted by Gasteiger charge is 2.26. The van der Waals surface area contributed by atoms with Gasteiger partial charge in [-0.3, -0.25) is 14.4 Å². The second-order valence-electron chi connectivity index (χ2n) is 6.73. The van der Waals surface area contributed by atoms with E-state index in [1.54, 1.807) is 72.8 Å². The molecule has 6 nitrogen and oxygen atoms in total. The summed E-state index contributed by atoms with van der Waals surface area (Å²) in [4.78, 5) is 37.8. The molecule has 0 aliphatic heterocycles. The number of ketones is 1. The Labute approximate surface area is 172 Å².